The highest BCUT2D eigenvalue weighted by Crippen LogP contribution is 2.33. The van der Waals surface area contributed by atoms with Gasteiger partial charge in [0.2, 0.25) is 10.0 Å². The number of benzene rings is 1. The van der Waals surface area contributed by atoms with Gasteiger partial charge in [-0.2, -0.15) is 0 Å². The maximum absolute atomic E-state index is 12.1. The summed E-state index contributed by atoms with van der Waals surface area (Å²) in [4.78, 5) is 0.114. The molecule has 1 aliphatic carbocycles. The second-order valence-corrected chi connectivity index (χ2v) is 7.45. The number of ether oxygens (including phenoxy) is 1. The van der Waals surface area contributed by atoms with E-state index in [0.29, 0.717) is 17.4 Å². The molecule has 0 radical (unpaired) electrons. The third-order valence-electron chi connectivity index (χ3n) is 4.13. The summed E-state index contributed by atoms with van der Waals surface area (Å²) >= 11 is 0. The van der Waals surface area contributed by atoms with Crippen LogP contribution in [0, 0.1) is 5.92 Å². The molecular weight excluding hydrogens is 288 g/mol. The highest BCUT2D eigenvalue weighted by molar-refractivity contribution is 7.89. The van der Waals surface area contributed by atoms with Crippen molar-refractivity contribution in [1.82, 2.24) is 4.72 Å². The smallest absolute Gasteiger partial charge is 0.244 e. The Kier molecular flexibility index (Phi) is 5.11. The van der Waals surface area contributed by atoms with Gasteiger partial charge in [-0.05, 0) is 50.4 Å². The van der Waals surface area contributed by atoms with E-state index in [-0.39, 0.29) is 11.0 Å². The molecule has 0 aliphatic heterocycles. The van der Waals surface area contributed by atoms with Gasteiger partial charge in [-0.15, -0.1) is 0 Å². The van der Waals surface area contributed by atoms with Crippen molar-refractivity contribution in [2.24, 2.45) is 5.92 Å². The summed E-state index contributed by atoms with van der Waals surface area (Å²) in [5, 5.41) is 0. The van der Waals surface area contributed by atoms with Crippen LogP contribution in [-0.2, 0) is 10.0 Å². The lowest BCUT2D eigenvalue weighted by Gasteiger charge is -2.29. The first-order chi connectivity index (χ1) is 9.96. The molecule has 1 fully saturated rings. The number of rotatable bonds is 5. The Balaban J connectivity index is 2.24. The van der Waals surface area contributed by atoms with Crippen LogP contribution in [-0.4, -0.2) is 21.6 Å². The average molecular weight is 312 g/mol. The van der Waals surface area contributed by atoms with Crippen molar-refractivity contribution >= 4 is 15.7 Å². The molecule has 1 saturated carbocycles. The van der Waals surface area contributed by atoms with E-state index in [1.165, 1.54) is 19.5 Å². The van der Waals surface area contributed by atoms with Crippen LogP contribution in [0.25, 0.3) is 0 Å². The molecule has 1 aliphatic rings. The summed E-state index contributed by atoms with van der Waals surface area (Å²) in [5.41, 5.74) is 6.12. The Hall–Kier alpha value is -1.27. The lowest BCUT2D eigenvalue weighted by atomic mass is 9.85. The molecule has 2 atom stereocenters. The fraction of sp³-hybridized carbons (Fsp3) is 0.600. The maximum Gasteiger partial charge on any atom is 0.244 e. The number of anilines is 1. The molecule has 21 heavy (non-hydrogen) atoms. The Bertz CT molecular complexity index is 587. The van der Waals surface area contributed by atoms with Gasteiger partial charge in [0.15, 0.2) is 0 Å². The van der Waals surface area contributed by atoms with Crippen molar-refractivity contribution in [3.63, 3.8) is 0 Å². The topological polar surface area (TPSA) is 81.4 Å². The van der Waals surface area contributed by atoms with E-state index in [2.05, 4.69) is 11.6 Å². The van der Waals surface area contributed by atoms with Crippen molar-refractivity contribution in [1.29, 1.82) is 0 Å². The van der Waals surface area contributed by atoms with Gasteiger partial charge in [-0.25, -0.2) is 13.1 Å². The van der Waals surface area contributed by atoms with Crippen molar-refractivity contribution in [2.45, 2.75) is 50.0 Å². The highest BCUT2D eigenvalue weighted by Gasteiger charge is 2.25. The quantitative estimate of drug-likeness (QED) is 0.819. The van der Waals surface area contributed by atoms with Crippen LogP contribution in [0.1, 0.15) is 39.0 Å². The van der Waals surface area contributed by atoms with Crippen LogP contribution in [0.5, 0.6) is 5.75 Å². The molecule has 0 aromatic heterocycles. The lowest BCUT2D eigenvalue weighted by Crippen LogP contribution is -2.27. The minimum absolute atomic E-state index is 0.0816. The van der Waals surface area contributed by atoms with E-state index in [4.69, 9.17) is 10.5 Å². The SMILES string of the molecule is CCC1CCCC(Oc2ccc(N)cc2S(=O)(=O)NC)C1. The van der Waals surface area contributed by atoms with Crippen LogP contribution in [0.3, 0.4) is 0 Å². The standard InChI is InChI=1S/C15H24N2O3S/c1-3-11-5-4-6-13(9-11)20-14-8-7-12(16)10-15(14)21(18,19)17-2/h7-8,10-11,13,17H,3-6,9,16H2,1-2H3. The molecule has 2 unspecified atom stereocenters. The first-order valence-electron chi connectivity index (χ1n) is 7.46. The van der Waals surface area contributed by atoms with E-state index in [1.54, 1.807) is 12.1 Å². The predicted molar refractivity (Wildman–Crippen MR) is 83.8 cm³/mol. The zero-order valence-electron chi connectivity index (χ0n) is 12.6. The lowest BCUT2D eigenvalue weighted by molar-refractivity contribution is 0.119. The largest absolute Gasteiger partial charge is 0.489 e. The fourth-order valence-electron chi connectivity index (χ4n) is 2.84. The van der Waals surface area contributed by atoms with Crippen molar-refractivity contribution in [3.05, 3.63) is 18.2 Å². The second-order valence-electron chi connectivity index (χ2n) is 5.59. The minimum Gasteiger partial charge on any atom is -0.489 e. The van der Waals surface area contributed by atoms with Gasteiger partial charge in [-0.3, -0.25) is 0 Å². The van der Waals surface area contributed by atoms with Crippen molar-refractivity contribution < 1.29 is 13.2 Å². The summed E-state index contributed by atoms with van der Waals surface area (Å²) in [7, 11) is -2.19. The molecule has 0 heterocycles. The van der Waals surface area contributed by atoms with Gasteiger partial charge < -0.3 is 10.5 Å². The number of nitrogens with two attached hydrogens (primary N) is 1. The number of hydrogen-bond donors (Lipinski definition) is 2. The van der Waals surface area contributed by atoms with Gasteiger partial charge in [0.05, 0.1) is 6.10 Å². The predicted octanol–water partition coefficient (Wildman–Crippen LogP) is 2.52. The third kappa shape index (κ3) is 3.89. The number of nitrogens with one attached hydrogen (secondary N) is 1. The van der Waals surface area contributed by atoms with E-state index >= 15 is 0 Å². The highest BCUT2D eigenvalue weighted by atomic mass is 32.2. The molecule has 6 heteroatoms. The van der Waals surface area contributed by atoms with E-state index < -0.39 is 10.0 Å². The van der Waals surface area contributed by atoms with Crippen LogP contribution in [0.2, 0.25) is 0 Å². The van der Waals surface area contributed by atoms with Gasteiger partial charge in [-0.1, -0.05) is 19.8 Å². The molecule has 0 amide bonds. The van der Waals surface area contributed by atoms with Gasteiger partial charge in [0, 0.05) is 5.69 Å². The molecular formula is C15H24N2O3S. The molecule has 0 bridgehead atoms. The van der Waals surface area contributed by atoms with Crippen molar-refractivity contribution in [3.8, 4) is 5.75 Å². The van der Waals surface area contributed by atoms with Gasteiger partial charge in [0.25, 0.3) is 0 Å². The molecule has 2 rings (SSSR count). The number of hydrogen-bond acceptors (Lipinski definition) is 4. The van der Waals surface area contributed by atoms with Crippen LogP contribution >= 0.6 is 0 Å². The summed E-state index contributed by atoms with van der Waals surface area (Å²) in [5.74, 6) is 1.06. The van der Waals surface area contributed by atoms with Crippen LogP contribution in [0.4, 0.5) is 5.69 Å². The summed E-state index contributed by atoms with van der Waals surface area (Å²) in [6.07, 6.45) is 5.55. The third-order valence-corrected chi connectivity index (χ3v) is 5.57. The first-order valence-corrected chi connectivity index (χ1v) is 8.94. The molecule has 1 aromatic carbocycles. The monoisotopic (exact) mass is 312 g/mol. The first kappa shape index (κ1) is 16.1. The maximum atomic E-state index is 12.1. The molecule has 0 spiro atoms. The normalized spacial score (nSPS) is 23.0. The van der Waals surface area contributed by atoms with E-state index in [9.17, 15) is 8.42 Å². The summed E-state index contributed by atoms with van der Waals surface area (Å²) < 4.78 is 32.5. The van der Waals surface area contributed by atoms with Gasteiger partial charge >= 0.3 is 0 Å². The minimum atomic E-state index is -3.58. The Morgan fingerprint density at radius 2 is 2.14 bits per heavy atom. The molecule has 3 N–H and O–H groups in total. The molecule has 5 nitrogen and oxygen atoms in total. The second kappa shape index (κ2) is 6.66. The van der Waals surface area contributed by atoms with Gasteiger partial charge in [0.1, 0.15) is 10.6 Å². The fourth-order valence-corrected chi connectivity index (χ4v) is 3.73. The molecule has 1 aromatic rings. The Labute approximate surface area is 126 Å². The van der Waals surface area contributed by atoms with Crippen LogP contribution in [0.15, 0.2) is 23.1 Å². The number of nitrogen functional groups attached to an aromatic ring is 1. The number of sulfonamides is 1. The zero-order chi connectivity index (χ0) is 15.5. The summed E-state index contributed by atoms with van der Waals surface area (Å²) in [6, 6.07) is 4.76. The van der Waals surface area contributed by atoms with Crippen molar-refractivity contribution in [2.75, 3.05) is 12.8 Å². The van der Waals surface area contributed by atoms with E-state index in [1.807, 2.05) is 0 Å². The Morgan fingerprint density at radius 1 is 1.38 bits per heavy atom. The average Bonchev–Trinajstić information content (AvgIpc) is 2.49. The summed E-state index contributed by atoms with van der Waals surface area (Å²) in [6.45, 7) is 2.19. The Morgan fingerprint density at radius 3 is 2.81 bits per heavy atom. The van der Waals surface area contributed by atoms with E-state index in [0.717, 1.165) is 25.7 Å². The van der Waals surface area contributed by atoms with Crippen LogP contribution < -0.4 is 15.2 Å². The molecule has 118 valence electrons. The molecule has 0 saturated heterocycles. The zero-order valence-corrected chi connectivity index (χ0v) is 13.4.